The van der Waals surface area contributed by atoms with Crippen molar-refractivity contribution < 1.29 is 4.79 Å². The summed E-state index contributed by atoms with van der Waals surface area (Å²) in [6.07, 6.45) is 5.43. The molecule has 1 aromatic carbocycles. The lowest BCUT2D eigenvalue weighted by molar-refractivity contribution is 0.556. The summed E-state index contributed by atoms with van der Waals surface area (Å²) in [7, 11) is 0. The van der Waals surface area contributed by atoms with Gasteiger partial charge in [0.05, 0.1) is 10.2 Å². The van der Waals surface area contributed by atoms with Crippen LogP contribution in [0, 0.1) is 0 Å². The quantitative estimate of drug-likeness (QED) is 0.572. The topological polar surface area (TPSA) is 42.3 Å². The van der Waals surface area contributed by atoms with E-state index in [1.54, 1.807) is 6.08 Å². The molecule has 0 atom stereocenters. The van der Waals surface area contributed by atoms with Gasteiger partial charge in [-0.1, -0.05) is 12.1 Å². The first-order valence-corrected chi connectivity index (χ1v) is 5.55. The van der Waals surface area contributed by atoms with Gasteiger partial charge in [0.1, 0.15) is 0 Å². The van der Waals surface area contributed by atoms with Gasteiger partial charge in [0.25, 0.3) is 0 Å². The average molecular weight is 216 g/mol. The van der Waals surface area contributed by atoms with E-state index in [1.165, 1.54) is 11.5 Å². The van der Waals surface area contributed by atoms with E-state index in [4.69, 9.17) is 0 Å². The molecule has 0 radical (unpaired) electrons. The second-order valence-electron chi connectivity index (χ2n) is 3.81. The van der Waals surface area contributed by atoms with Crippen molar-refractivity contribution in [1.29, 1.82) is 0 Å². The summed E-state index contributed by atoms with van der Waals surface area (Å²) >= 11 is 1.47. The van der Waals surface area contributed by atoms with Gasteiger partial charge in [-0.15, -0.1) is 0 Å². The van der Waals surface area contributed by atoms with Gasteiger partial charge in [-0.25, -0.2) is 4.79 Å². The highest BCUT2D eigenvalue weighted by atomic mass is 32.1. The first kappa shape index (κ1) is 8.77. The Hall–Kier alpha value is -1.51. The second kappa shape index (κ2) is 2.99. The molecule has 0 N–H and O–H groups in total. The summed E-state index contributed by atoms with van der Waals surface area (Å²) in [6.45, 7) is 0. The molecule has 3 nitrogen and oxygen atoms in total. The number of aliphatic imine (C=N–C) groups is 1. The molecule has 0 unspecified atom stereocenters. The molecule has 1 heterocycles. The van der Waals surface area contributed by atoms with Gasteiger partial charge < -0.3 is 0 Å². The van der Waals surface area contributed by atoms with Gasteiger partial charge in [0.15, 0.2) is 0 Å². The van der Waals surface area contributed by atoms with E-state index in [-0.39, 0.29) is 5.54 Å². The Balaban J connectivity index is 2.15. The number of hydrogen-bond donors (Lipinski definition) is 0. The molecule has 15 heavy (non-hydrogen) atoms. The Morgan fingerprint density at radius 1 is 1.47 bits per heavy atom. The zero-order chi connectivity index (χ0) is 10.3. The molecule has 1 aliphatic rings. The molecule has 0 bridgehead atoms. The Kier molecular flexibility index (Phi) is 1.75. The zero-order valence-electron chi connectivity index (χ0n) is 7.93. The number of nitrogens with zero attached hydrogens (tertiary/aromatic N) is 2. The highest BCUT2D eigenvalue weighted by molar-refractivity contribution is 7.13. The summed E-state index contributed by atoms with van der Waals surface area (Å²) in [5.74, 6) is 0. The van der Waals surface area contributed by atoms with E-state index in [0.29, 0.717) is 0 Å². The molecule has 0 saturated heterocycles. The van der Waals surface area contributed by atoms with E-state index in [2.05, 4.69) is 15.4 Å². The van der Waals surface area contributed by atoms with Crippen molar-refractivity contribution in [3.63, 3.8) is 0 Å². The SMILES string of the molecule is O=C=NC1(c2ccc3cnsc3c2)CC1. The molecule has 1 aromatic heterocycles. The molecule has 1 fully saturated rings. The fourth-order valence-corrected chi connectivity index (χ4v) is 2.51. The number of carbonyl (C=O) groups excluding carboxylic acids is 1. The monoisotopic (exact) mass is 216 g/mol. The minimum absolute atomic E-state index is 0.264. The van der Waals surface area contributed by atoms with Crippen LogP contribution in [0.3, 0.4) is 0 Å². The van der Waals surface area contributed by atoms with E-state index >= 15 is 0 Å². The van der Waals surface area contributed by atoms with Crippen LogP contribution in [-0.4, -0.2) is 10.5 Å². The van der Waals surface area contributed by atoms with Crippen molar-refractivity contribution in [2.24, 2.45) is 4.99 Å². The number of isocyanates is 1. The van der Waals surface area contributed by atoms with E-state index in [0.717, 1.165) is 28.5 Å². The van der Waals surface area contributed by atoms with Crippen molar-refractivity contribution >= 4 is 27.7 Å². The lowest BCUT2D eigenvalue weighted by Crippen LogP contribution is -2.01. The van der Waals surface area contributed by atoms with Crippen LogP contribution in [0.15, 0.2) is 29.4 Å². The third-order valence-corrected chi connectivity index (χ3v) is 3.64. The van der Waals surface area contributed by atoms with E-state index in [9.17, 15) is 4.79 Å². The van der Waals surface area contributed by atoms with Crippen LogP contribution in [0.1, 0.15) is 18.4 Å². The molecule has 4 heteroatoms. The highest BCUT2D eigenvalue weighted by Crippen LogP contribution is 2.49. The summed E-state index contributed by atoms with van der Waals surface area (Å²) in [6, 6.07) is 6.15. The number of fused-ring (bicyclic) bond motifs is 1. The fraction of sp³-hybridized carbons (Fsp3) is 0.273. The van der Waals surface area contributed by atoms with Crippen LogP contribution in [0.4, 0.5) is 0 Å². The van der Waals surface area contributed by atoms with Crippen molar-refractivity contribution in [2.45, 2.75) is 18.4 Å². The number of benzene rings is 1. The largest absolute Gasteiger partial charge is 0.235 e. The predicted molar refractivity (Wildman–Crippen MR) is 58.7 cm³/mol. The maximum atomic E-state index is 10.3. The maximum Gasteiger partial charge on any atom is 0.235 e. The van der Waals surface area contributed by atoms with Crippen molar-refractivity contribution in [1.82, 2.24) is 4.37 Å². The Morgan fingerprint density at radius 2 is 2.33 bits per heavy atom. The van der Waals surface area contributed by atoms with E-state index < -0.39 is 0 Å². The van der Waals surface area contributed by atoms with E-state index in [1.807, 2.05) is 18.3 Å². The Labute approximate surface area is 90.6 Å². The van der Waals surface area contributed by atoms with Crippen LogP contribution < -0.4 is 0 Å². The van der Waals surface area contributed by atoms with Gasteiger partial charge in [0, 0.05) is 11.6 Å². The predicted octanol–water partition coefficient (Wildman–Crippen LogP) is 2.62. The van der Waals surface area contributed by atoms with Crippen molar-refractivity contribution in [3.05, 3.63) is 30.0 Å². The molecular weight excluding hydrogens is 208 g/mol. The molecule has 3 rings (SSSR count). The molecule has 1 aliphatic carbocycles. The smallest absolute Gasteiger partial charge is 0.211 e. The molecule has 74 valence electrons. The summed E-state index contributed by atoms with van der Waals surface area (Å²) in [4.78, 5) is 14.3. The lowest BCUT2D eigenvalue weighted by atomic mass is 10.0. The molecule has 0 spiro atoms. The molecule has 0 aliphatic heterocycles. The van der Waals surface area contributed by atoms with Gasteiger partial charge in [-0.05, 0) is 36.0 Å². The third kappa shape index (κ3) is 1.30. The lowest BCUT2D eigenvalue weighted by Gasteiger charge is -2.07. The maximum absolute atomic E-state index is 10.3. The number of aromatic nitrogens is 1. The average Bonchev–Trinajstić information content (AvgIpc) is 2.89. The van der Waals surface area contributed by atoms with Crippen LogP contribution in [0.5, 0.6) is 0 Å². The molecule has 2 aromatic rings. The summed E-state index contributed by atoms with van der Waals surface area (Å²) in [5, 5.41) is 1.15. The van der Waals surface area contributed by atoms with Crippen LogP contribution in [0.25, 0.3) is 10.1 Å². The first-order valence-electron chi connectivity index (χ1n) is 4.78. The molecular formula is C11H8N2OS. The standard InChI is InChI=1S/C11H8N2OS/c14-7-12-11(3-4-11)9-2-1-8-6-13-15-10(8)5-9/h1-2,5-6H,3-4H2. The van der Waals surface area contributed by atoms with Crippen molar-refractivity contribution in [3.8, 4) is 0 Å². The third-order valence-electron chi connectivity index (χ3n) is 2.88. The fourth-order valence-electron chi connectivity index (χ4n) is 1.82. The zero-order valence-corrected chi connectivity index (χ0v) is 8.75. The normalized spacial score (nSPS) is 17.3. The second-order valence-corrected chi connectivity index (χ2v) is 4.65. The minimum Gasteiger partial charge on any atom is -0.211 e. The minimum atomic E-state index is -0.264. The summed E-state index contributed by atoms with van der Waals surface area (Å²) in [5.41, 5.74) is 0.850. The Morgan fingerprint density at radius 3 is 3.07 bits per heavy atom. The number of hydrogen-bond acceptors (Lipinski definition) is 4. The van der Waals surface area contributed by atoms with Gasteiger partial charge in [-0.3, -0.25) is 0 Å². The van der Waals surface area contributed by atoms with Crippen LogP contribution >= 0.6 is 11.5 Å². The summed E-state index contributed by atoms with van der Waals surface area (Å²) < 4.78 is 5.28. The first-order chi connectivity index (χ1) is 7.34. The molecule has 1 saturated carbocycles. The highest BCUT2D eigenvalue weighted by Gasteiger charge is 2.44. The number of rotatable bonds is 2. The van der Waals surface area contributed by atoms with Gasteiger partial charge in [-0.2, -0.15) is 9.37 Å². The van der Waals surface area contributed by atoms with Gasteiger partial charge >= 0.3 is 0 Å². The Bertz CT molecular complexity index is 565. The van der Waals surface area contributed by atoms with Gasteiger partial charge in [0.2, 0.25) is 6.08 Å². The van der Waals surface area contributed by atoms with Crippen LogP contribution in [-0.2, 0) is 10.3 Å². The van der Waals surface area contributed by atoms with Crippen molar-refractivity contribution in [2.75, 3.05) is 0 Å². The molecule has 0 amide bonds. The van der Waals surface area contributed by atoms with Crippen LogP contribution in [0.2, 0.25) is 0 Å².